The molecule has 3 amide bonds. The molecule has 226 valence electrons. The predicted octanol–water partition coefficient (Wildman–Crippen LogP) is 8.86. The molecular weight excluding hydrogens is 736 g/mol. The van der Waals surface area contributed by atoms with Gasteiger partial charge in [0.05, 0.1) is 10.9 Å². The fraction of sp³-hybridized carbons (Fsp3) is 0.0588. The van der Waals surface area contributed by atoms with Crippen molar-refractivity contribution in [3.8, 4) is 11.3 Å². The second kappa shape index (κ2) is 15.3. The molecule has 0 aliphatic heterocycles. The molecule has 0 aliphatic rings. The summed E-state index contributed by atoms with van der Waals surface area (Å²) in [6, 6.07) is 31.1. The van der Waals surface area contributed by atoms with E-state index in [1.54, 1.807) is 42.5 Å². The summed E-state index contributed by atoms with van der Waals surface area (Å²) in [6.45, 7) is 1.83. The summed E-state index contributed by atoms with van der Waals surface area (Å²) in [5.74, 6) is -1.03. The lowest BCUT2D eigenvalue weighted by atomic mass is 10.1. The molecule has 1 heterocycles. The highest BCUT2D eigenvalue weighted by Crippen LogP contribution is 2.29. The Morgan fingerprint density at radius 1 is 0.844 bits per heavy atom. The summed E-state index contributed by atoms with van der Waals surface area (Å²) in [5, 5.41) is 10.6. The first-order valence-electron chi connectivity index (χ1n) is 13.7. The zero-order chi connectivity index (χ0) is 31.8. The number of hydrogen-bond acceptors (Lipinski definition) is 6. The number of amides is 3. The van der Waals surface area contributed by atoms with Crippen LogP contribution in [-0.4, -0.2) is 28.0 Å². The summed E-state index contributed by atoms with van der Waals surface area (Å²) in [4.78, 5) is 44.5. The van der Waals surface area contributed by atoms with Crippen molar-refractivity contribution in [2.24, 2.45) is 0 Å². The van der Waals surface area contributed by atoms with Crippen LogP contribution >= 0.6 is 55.0 Å². The molecule has 7 nitrogen and oxygen atoms in total. The minimum atomic E-state index is -0.474. The zero-order valence-corrected chi connectivity index (χ0v) is 28.6. The summed E-state index contributed by atoms with van der Waals surface area (Å²) in [5.41, 5.74) is 3.58. The van der Waals surface area contributed by atoms with Crippen LogP contribution < -0.4 is 16.0 Å². The zero-order valence-electron chi connectivity index (χ0n) is 23.8. The Kier molecular flexibility index (Phi) is 11.0. The molecule has 1 aromatic heterocycles. The van der Waals surface area contributed by atoms with Gasteiger partial charge in [0.25, 0.3) is 11.8 Å². The Labute approximate surface area is 285 Å². The SMILES string of the molecule is CC(Sc1ccc(NC(=O)/C(=C/c2cccc(Br)c2)NC(=O)c2ccccc2)cc1)C(=O)Nc1nc(-c2ccc(Br)cc2)cs1. The largest absolute Gasteiger partial charge is 0.321 e. The van der Waals surface area contributed by atoms with Crippen LogP contribution in [0.3, 0.4) is 0 Å². The van der Waals surface area contributed by atoms with Gasteiger partial charge in [0.15, 0.2) is 5.13 Å². The third-order valence-corrected chi connectivity index (χ3v) is 9.25. The van der Waals surface area contributed by atoms with Gasteiger partial charge in [0.1, 0.15) is 5.70 Å². The number of rotatable bonds is 10. The van der Waals surface area contributed by atoms with Crippen LogP contribution in [0, 0.1) is 0 Å². The molecule has 5 rings (SSSR count). The lowest BCUT2D eigenvalue weighted by Gasteiger charge is -2.13. The maximum Gasteiger partial charge on any atom is 0.272 e. The Morgan fingerprint density at radius 2 is 1.58 bits per heavy atom. The van der Waals surface area contributed by atoms with Gasteiger partial charge in [-0.3, -0.25) is 14.4 Å². The van der Waals surface area contributed by atoms with E-state index in [4.69, 9.17) is 0 Å². The highest BCUT2D eigenvalue weighted by Gasteiger charge is 2.18. The van der Waals surface area contributed by atoms with Crippen molar-refractivity contribution in [1.82, 2.24) is 10.3 Å². The number of benzene rings is 4. The number of carbonyl (C=O) groups is 3. The molecule has 0 fully saturated rings. The van der Waals surface area contributed by atoms with E-state index in [1.165, 1.54) is 23.1 Å². The molecule has 0 spiro atoms. The third kappa shape index (κ3) is 9.24. The molecule has 0 saturated carbocycles. The number of halogens is 2. The molecule has 4 aromatic carbocycles. The van der Waals surface area contributed by atoms with Crippen molar-refractivity contribution < 1.29 is 14.4 Å². The van der Waals surface area contributed by atoms with E-state index < -0.39 is 17.1 Å². The standard InChI is InChI=1S/C34H26Br2N4O3S2/c1-21(31(41)40-34-39-30(20-44-34)23-10-12-25(35)13-11-23)45-28-16-14-27(15-17-28)37-33(43)29(19-22-6-5-9-26(36)18-22)38-32(42)24-7-3-2-4-8-24/h2-21H,1H3,(H,37,43)(H,38,42)(H,39,40,41)/b29-19-. The number of anilines is 2. The maximum absolute atomic E-state index is 13.3. The van der Waals surface area contributed by atoms with Crippen LogP contribution in [0.4, 0.5) is 10.8 Å². The fourth-order valence-corrected chi connectivity index (χ4v) is 6.34. The topological polar surface area (TPSA) is 100 Å². The Morgan fingerprint density at radius 3 is 2.29 bits per heavy atom. The van der Waals surface area contributed by atoms with Crippen molar-refractivity contribution in [3.05, 3.63) is 134 Å². The first-order chi connectivity index (χ1) is 21.7. The summed E-state index contributed by atoms with van der Waals surface area (Å²) >= 11 is 9.65. The minimum Gasteiger partial charge on any atom is -0.321 e. The first kappa shape index (κ1) is 32.4. The van der Waals surface area contributed by atoms with Gasteiger partial charge in [0, 0.05) is 36.0 Å². The van der Waals surface area contributed by atoms with E-state index in [0.717, 1.165) is 30.7 Å². The van der Waals surface area contributed by atoms with E-state index in [1.807, 2.05) is 79.0 Å². The van der Waals surface area contributed by atoms with E-state index in [-0.39, 0.29) is 11.6 Å². The molecule has 45 heavy (non-hydrogen) atoms. The molecule has 0 aliphatic carbocycles. The van der Waals surface area contributed by atoms with Gasteiger partial charge < -0.3 is 16.0 Å². The highest BCUT2D eigenvalue weighted by molar-refractivity contribution is 9.10. The Hall–Kier alpha value is -4.03. The van der Waals surface area contributed by atoms with Gasteiger partial charge in [-0.2, -0.15) is 0 Å². The molecule has 1 atom stereocenters. The van der Waals surface area contributed by atoms with Crippen LogP contribution in [-0.2, 0) is 9.59 Å². The van der Waals surface area contributed by atoms with Crippen LogP contribution in [0.15, 0.2) is 128 Å². The third-order valence-electron chi connectivity index (χ3n) is 6.36. The molecule has 0 bridgehead atoms. The Bertz CT molecular complexity index is 1840. The second-order valence-electron chi connectivity index (χ2n) is 9.71. The lowest BCUT2D eigenvalue weighted by Crippen LogP contribution is -2.30. The van der Waals surface area contributed by atoms with Gasteiger partial charge in [-0.05, 0) is 79.2 Å². The van der Waals surface area contributed by atoms with Gasteiger partial charge in [-0.25, -0.2) is 4.98 Å². The molecule has 11 heteroatoms. The molecule has 5 aromatic rings. The molecule has 0 saturated heterocycles. The van der Waals surface area contributed by atoms with Gasteiger partial charge >= 0.3 is 0 Å². The summed E-state index contributed by atoms with van der Waals surface area (Å²) < 4.78 is 1.83. The molecular formula is C34H26Br2N4O3S2. The number of aromatic nitrogens is 1. The second-order valence-corrected chi connectivity index (χ2v) is 13.8. The lowest BCUT2D eigenvalue weighted by molar-refractivity contribution is -0.115. The quantitative estimate of drug-likeness (QED) is 0.0976. The van der Waals surface area contributed by atoms with Gasteiger partial charge in [-0.15, -0.1) is 23.1 Å². The molecule has 3 N–H and O–H groups in total. The molecule has 0 radical (unpaired) electrons. The number of carbonyl (C=O) groups excluding carboxylic acids is 3. The minimum absolute atomic E-state index is 0.0937. The monoisotopic (exact) mass is 760 g/mol. The van der Waals surface area contributed by atoms with Crippen molar-refractivity contribution in [3.63, 3.8) is 0 Å². The van der Waals surface area contributed by atoms with E-state index in [0.29, 0.717) is 16.4 Å². The van der Waals surface area contributed by atoms with E-state index >= 15 is 0 Å². The van der Waals surface area contributed by atoms with Crippen molar-refractivity contribution >= 4 is 89.6 Å². The number of nitrogens with one attached hydrogen (secondary N) is 3. The summed E-state index contributed by atoms with van der Waals surface area (Å²) in [6.07, 6.45) is 1.62. The average Bonchev–Trinajstić information content (AvgIpc) is 3.50. The van der Waals surface area contributed by atoms with Crippen LogP contribution in [0.2, 0.25) is 0 Å². The van der Waals surface area contributed by atoms with E-state index in [2.05, 4.69) is 52.8 Å². The average molecular weight is 763 g/mol. The fourth-order valence-electron chi connectivity index (χ4n) is 4.07. The van der Waals surface area contributed by atoms with Crippen LogP contribution in [0.25, 0.3) is 17.3 Å². The van der Waals surface area contributed by atoms with Crippen LogP contribution in [0.5, 0.6) is 0 Å². The van der Waals surface area contributed by atoms with Gasteiger partial charge in [-0.1, -0.05) is 74.3 Å². The van der Waals surface area contributed by atoms with Crippen molar-refractivity contribution in [1.29, 1.82) is 0 Å². The predicted molar refractivity (Wildman–Crippen MR) is 190 cm³/mol. The smallest absolute Gasteiger partial charge is 0.272 e. The molecule has 1 unspecified atom stereocenters. The first-order valence-corrected chi connectivity index (χ1v) is 17.0. The number of hydrogen-bond donors (Lipinski definition) is 3. The van der Waals surface area contributed by atoms with E-state index in [9.17, 15) is 14.4 Å². The maximum atomic E-state index is 13.3. The number of thioether (sulfide) groups is 1. The normalized spacial score (nSPS) is 11.8. The van der Waals surface area contributed by atoms with Gasteiger partial charge in [0.2, 0.25) is 5.91 Å². The number of nitrogens with zero attached hydrogens (tertiary/aromatic N) is 1. The highest BCUT2D eigenvalue weighted by atomic mass is 79.9. The summed E-state index contributed by atoms with van der Waals surface area (Å²) in [7, 11) is 0. The van der Waals surface area contributed by atoms with Crippen molar-refractivity contribution in [2.75, 3.05) is 10.6 Å². The van der Waals surface area contributed by atoms with Crippen molar-refractivity contribution in [2.45, 2.75) is 17.1 Å². The Balaban J connectivity index is 1.21. The number of thiazole rings is 1. The van der Waals surface area contributed by atoms with Crippen LogP contribution in [0.1, 0.15) is 22.8 Å².